The summed E-state index contributed by atoms with van der Waals surface area (Å²) >= 11 is 0. The van der Waals surface area contributed by atoms with Crippen molar-refractivity contribution in [3.05, 3.63) is 94.5 Å². The van der Waals surface area contributed by atoms with Crippen LogP contribution < -0.4 is 10.0 Å². The molecule has 3 rings (SSSR count). The van der Waals surface area contributed by atoms with Crippen molar-refractivity contribution < 1.29 is 13.2 Å². The predicted molar refractivity (Wildman–Crippen MR) is 120 cm³/mol. The Hall–Kier alpha value is -3.12. The van der Waals surface area contributed by atoms with Gasteiger partial charge in [0.1, 0.15) is 0 Å². The molecular weight excluding hydrogens is 396 g/mol. The quantitative estimate of drug-likeness (QED) is 0.593. The highest BCUT2D eigenvalue weighted by molar-refractivity contribution is 7.92. The van der Waals surface area contributed by atoms with Gasteiger partial charge in [-0.25, -0.2) is 8.42 Å². The van der Waals surface area contributed by atoms with Gasteiger partial charge in [0.2, 0.25) is 0 Å². The Balaban J connectivity index is 1.87. The molecule has 2 N–H and O–H groups in total. The lowest BCUT2D eigenvalue weighted by atomic mass is 10.1. The molecule has 3 aromatic carbocycles. The number of hydrogen-bond acceptors (Lipinski definition) is 3. The first-order valence-electron chi connectivity index (χ1n) is 9.74. The number of nitrogens with one attached hydrogen (secondary N) is 2. The third kappa shape index (κ3) is 4.71. The molecule has 0 bridgehead atoms. The number of amides is 1. The van der Waals surface area contributed by atoms with Gasteiger partial charge in [-0.3, -0.25) is 9.52 Å². The molecular formula is C24H26N2O3S. The van der Waals surface area contributed by atoms with Crippen molar-refractivity contribution in [2.24, 2.45) is 0 Å². The standard InChI is InChI=1S/C24H26N2O3S/c1-16-9-8-12-22(18(16)3)26-30(28,29)23-15-21(14-13-17(23)2)24(27)25-19(4)20-10-6-5-7-11-20/h5-15,19,26H,1-4H3,(H,25,27). The highest BCUT2D eigenvalue weighted by Gasteiger charge is 2.21. The molecule has 0 fully saturated rings. The van der Waals surface area contributed by atoms with E-state index in [-0.39, 0.29) is 16.8 Å². The van der Waals surface area contributed by atoms with Gasteiger partial charge in [0.05, 0.1) is 16.6 Å². The molecule has 0 radical (unpaired) electrons. The molecule has 156 valence electrons. The van der Waals surface area contributed by atoms with E-state index in [9.17, 15) is 13.2 Å². The number of hydrogen-bond donors (Lipinski definition) is 2. The molecule has 1 atom stereocenters. The fraction of sp³-hybridized carbons (Fsp3) is 0.208. The van der Waals surface area contributed by atoms with E-state index in [1.54, 1.807) is 25.1 Å². The lowest BCUT2D eigenvalue weighted by Gasteiger charge is -2.16. The smallest absolute Gasteiger partial charge is 0.262 e. The predicted octanol–water partition coefficient (Wildman–Crippen LogP) is 4.90. The number of carbonyl (C=O) groups excluding carboxylic acids is 1. The van der Waals surface area contributed by atoms with Crippen LogP contribution in [0.25, 0.3) is 0 Å². The third-order valence-electron chi connectivity index (χ3n) is 5.24. The number of sulfonamides is 1. The second kappa shape index (κ2) is 8.71. The fourth-order valence-corrected chi connectivity index (χ4v) is 4.59. The molecule has 1 unspecified atom stereocenters. The molecule has 30 heavy (non-hydrogen) atoms. The minimum atomic E-state index is -3.85. The molecule has 0 aliphatic carbocycles. The summed E-state index contributed by atoms with van der Waals surface area (Å²) in [6.07, 6.45) is 0. The van der Waals surface area contributed by atoms with Gasteiger partial charge in [-0.2, -0.15) is 0 Å². The topological polar surface area (TPSA) is 75.3 Å². The Kier molecular flexibility index (Phi) is 6.27. The molecule has 5 nitrogen and oxygen atoms in total. The summed E-state index contributed by atoms with van der Waals surface area (Å²) in [5, 5.41) is 2.92. The number of benzene rings is 3. The third-order valence-corrected chi connectivity index (χ3v) is 6.74. The van der Waals surface area contributed by atoms with Gasteiger partial charge in [0, 0.05) is 5.56 Å². The molecule has 0 saturated carbocycles. The van der Waals surface area contributed by atoms with Crippen LogP contribution in [0.5, 0.6) is 0 Å². The largest absolute Gasteiger partial charge is 0.346 e. The van der Waals surface area contributed by atoms with E-state index in [1.165, 1.54) is 6.07 Å². The van der Waals surface area contributed by atoms with Crippen molar-refractivity contribution in [2.45, 2.75) is 38.6 Å². The van der Waals surface area contributed by atoms with E-state index in [2.05, 4.69) is 10.0 Å². The van der Waals surface area contributed by atoms with Gasteiger partial charge in [-0.15, -0.1) is 0 Å². The van der Waals surface area contributed by atoms with Crippen molar-refractivity contribution in [2.75, 3.05) is 4.72 Å². The molecule has 1 amide bonds. The van der Waals surface area contributed by atoms with Crippen LogP contribution in [0, 0.1) is 20.8 Å². The molecule has 6 heteroatoms. The average molecular weight is 423 g/mol. The first-order valence-corrected chi connectivity index (χ1v) is 11.2. The van der Waals surface area contributed by atoms with Crippen molar-refractivity contribution in [3.8, 4) is 0 Å². The van der Waals surface area contributed by atoms with E-state index >= 15 is 0 Å². The number of anilines is 1. The van der Waals surface area contributed by atoms with Crippen LogP contribution in [0.1, 0.15) is 45.6 Å². The first-order chi connectivity index (χ1) is 14.2. The van der Waals surface area contributed by atoms with Crippen LogP contribution in [0.3, 0.4) is 0 Å². The fourth-order valence-electron chi connectivity index (χ4n) is 3.20. The van der Waals surface area contributed by atoms with Crippen LogP contribution in [0.15, 0.2) is 71.6 Å². The summed E-state index contributed by atoms with van der Waals surface area (Å²) in [5.41, 5.74) is 4.23. The van der Waals surface area contributed by atoms with Crippen molar-refractivity contribution in [1.29, 1.82) is 0 Å². The van der Waals surface area contributed by atoms with Crippen LogP contribution in [0.4, 0.5) is 5.69 Å². The van der Waals surface area contributed by atoms with E-state index < -0.39 is 10.0 Å². The monoisotopic (exact) mass is 422 g/mol. The lowest BCUT2D eigenvalue weighted by molar-refractivity contribution is 0.0939. The second-order valence-corrected chi connectivity index (χ2v) is 9.09. The Morgan fingerprint density at radius 1 is 0.867 bits per heavy atom. The second-order valence-electron chi connectivity index (χ2n) is 7.44. The van der Waals surface area contributed by atoms with Gasteiger partial charge in [0.15, 0.2) is 0 Å². The van der Waals surface area contributed by atoms with E-state index in [0.717, 1.165) is 16.7 Å². The zero-order valence-corrected chi connectivity index (χ0v) is 18.4. The molecule has 0 aliphatic rings. The van der Waals surface area contributed by atoms with Crippen LogP contribution >= 0.6 is 0 Å². The summed E-state index contributed by atoms with van der Waals surface area (Å²) in [7, 11) is -3.85. The zero-order valence-electron chi connectivity index (χ0n) is 17.6. The summed E-state index contributed by atoms with van der Waals surface area (Å²) < 4.78 is 28.8. The molecule has 0 aliphatic heterocycles. The van der Waals surface area contributed by atoms with Gasteiger partial charge < -0.3 is 5.32 Å². The first kappa shape index (κ1) is 21.6. The molecule has 3 aromatic rings. The van der Waals surface area contributed by atoms with Crippen LogP contribution in [-0.2, 0) is 10.0 Å². The maximum Gasteiger partial charge on any atom is 0.262 e. The zero-order chi connectivity index (χ0) is 21.9. The summed E-state index contributed by atoms with van der Waals surface area (Å²) in [4.78, 5) is 12.8. The van der Waals surface area contributed by atoms with E-state index in [4.69, 9.17) is 0 Å². The highest BCUT2D eigenvalue weighted by Crippen LogP contribution is 2.24. The Morgan fingerprint density at radius 3 is 2.27 bits per heavy atom. The van der Waals surface area contributed by atoms with Gasteiger partial charge in [0.25, 0.3) is 15.9 Å². The van der Waals surface area contributed by atoms with Gasteiger partial charge in [-0.05, 0) is 68.1 Å². The van der Waals surface area contributed by atoms with Crippen LogP contribution in [-0.4, -0.2) is 14.3 Å². The van der Waals surface area contributed by atoms with E-state index in [0.29, 0.717) is 16.8 Å². The molecule has 0 saturated heterocycles. The minimum absolute atomic E-state index is 0.0865. The SMILES string of the molecule is Cc1ccc(C(=O)NC(C)c2ccccc2)cc1S(=O)(=O)Nc1cccc(C)c1C. The normalized spacial score (nSPS) is 12.3. The Morgan fingerprint density at radius 2 is 1.57 bits per heavy atom. The van der Waals surface area contributed by atoms with Gasteiger partial charge in [-0.1, -0.05) is 48.5 Å². The number of aryl methyl sites for hydroxylation is 2. The molecule has 0 heterocycles. The Labute approximate surface area is 178 Å². The minimum Gasteiger partial charge on any atom is -0.346 e. The van der Waals surface area contributed by atoms with Crippen molar-refractivity contribution >= 4 is 21.6 Å². The van der Waals surface area contributed by atoms with Crippen LogP contribution in [0.2, 0.25) is 0 Å². The van der Waals surface area contributed by atoms with Crippen molar-refractivity contribution in [1.82, 2.24) is 5.32 Å². The Bertz CT molecular complexity index is 1170. The van der Waals surface area contributed by atoms with Crippen molar-refractivity contribution in [3.63, 3.8) is 0 Å². The number of rotatable bonds is 6. The number of carbonyl (C=O) groups is 1. The summed E-state index contributed by atoms with van der Waals surface area (Å²) in [5.74, 6) is -0.325. The lowest BCUT2D eigenvalue weighted by Crippen LogP contribution is -2.27. The maximum atomic E-state index is 13.1. The van der Waals surface area contributed by atoms with E-state index in [1.807, 2.05) is 63.2 Å². The summed E-state index contributed by atoms with van der Waals surface area (Å²) in [6, 6.07) is 19.6. The average Bonchev–Trinajstić information content (AvgIpc) is 2.72. The summed E-state index contributed by atoms with van der Waals surface area (Å²) in [6.45, 7) is 7.40. The molecule has 0 aromatic heterocycles. The highest BCUT2D eigenvalue weighted by atomic mass is 32.2. The maximum absolute atomic E-state index is 13.1. The molecule has 0 spiro atoms. The van der Waals surface area contributed by atoms with Gasteiger partial charge >= 0.3 is 0 Å².